The highest BCUT2D eigenvalue weighted by Gasteiger charge is 2.29. The number of aromatic nitrogens is 2. The van der Waals surface area contributed by atoms with Gasteiger partial charge in [0.1, 0.15) is 5.65 Å². The van der Waals surface area contributed by atoms with Gasteiger partial charge in [0, 0.05) is 36.2 Å². The predicted molar refractivity (Wildman–Crippen MR) is 83.5 cm³/mol. The van der Waals surface area contributed by atoms with Crippen molar-refractivity contribution in [3.05, 3.63) is 66.1 Å². The lowest BCUT2D eigenvalue weighted by Gasteiger charge is -2.16. The van der Waals surface area contributed by atoms with Crippen LogP contribution in [0.1, 0.15) is 24.1 Å². The number of alkyl halides is 3. The van der Waals surface area contributed by atoms with Crippen molar-refractivity contribution in [2.45, 2.75) is 19.0 Å². The molecule has 0 aliphatic rings. The van der Waals surface area contributed by atoms with E-state index in [9.17, 15) is 13.2 Å². The van der Waals surface area contributed by atoms with Gasteiger partial charge in [-0.25, -0.2) is 4.98 Å². The first-order valence-corrected chi connectivity index (χ1v) is 7.28. The molecule has 3 aromatic rings. The Morgan fingerprint density at radius 2 is 1.87 bits per heavy atom. The third-order valence-corrected chi connectivity index (χ3v) is 3.79. The Kier molecular flexibility index (Phi) is 3.98. The Morgan fingerprint density at radius 1 is 1.13 bits per heavy atom. The summed E-state index contributed by atoms with van der Waals surface area (Å²) in [5.74, 6) is 0.176. The number of nitrogens with one attached hydrogen (secondary N) is 1. The lowest BCUT2D eigenvalue weighted by Crippen LogP contribution is -2.13. The van der Waals surface area contributed by atoms with Crippen molar-refractivity contribution in [2.75, 3.05) is 11.9 Å². The second-order valence-electron chi connectivity index (χ2n) is 5.46. The van der Waals surface area contributed by atoms with Gasteiger partial charge in [-0.05, 0) is 36.4 Å². The molecule has 0 radical (unpaired) electrons. The Bertz CT molecular complexity index is 791. The molecule has 0 aliphatic carbocycles. The largest absolute Gasteiger partial charge is 0.416 e. The van der Waals surface area contributed by atoms with Crippen LogP contribution in [-0.2, 0) is 6.18 Å². The SMILES string of the molecule is CC(CNc1ccc(C(F)(F)F)cc1)c1cccc2nccn12. The molecule has 0 saturated carbocycles. The van der Waals surface area contributed by atoms with Crippen molar-refractivity contribution >= 4 is 11.3 Å². The van der Waals surface area contributed by atoms with Crippen LogP contribution in [0.25, 0.3) is 5.65 Å². The number of pyridine rings is 1. The maximum atomic E-state index is 12.5. The van der Waals surface area contributed by atoms with Crippen molar-refractivity contribution in [2.24, 2.45) is 0 Å². The van der Waals surface area contributed by atoms with Gasteiger partial charge in [-0.1, -0.05) is 13.0 Å². The number of halogens is 3. The Labute approximate surface area is 131 Å². The zero-order valence-electron chi connectivity index (χ0n) is 12.5. The first-order valence-electron chi connectivity index (χ1n) is 7.28. The number of benzene rings is 1. The highest BCUT2D eigenvalue weighted by molar-refractivity contribution is 5.46. The Morgan fingerprint density at radius 3 is 2.57 bits per heavy atom. The van der Waals surface area contributed by atoms with Crippen LogP contribution in [0, 0.1) is 0 Å². The molecule has 2 aromatic heterocycles. The number of rotatable bonds is 4. The molecular formula is C17H16F3N3. The monoisotopic (exact) mass is 319 g/mol. The molecule has 1 N–H and O–H groups in total. The molecule has 23 heavy (non-hydrogen) atoms. The van der Waals surface area contributed by atoms with E-state index in [4.69, 9.17) is 0 Å². The zero-order valence-corrected chi connectivity index (χ0v) is 12.5. The summed E-state index contributed by atoms with van der Waals surface area (Å²) in [6.45, 7) is 2.68. The number of hydrogen-bond donors (Lipinski definition) is 1. The second-order valence-corrected chi connectivity index (χ2v) is 5.46. The van der Waals surface area contributed by atoms with Gasteiger partial charge in [0.2, 0.25) is 0 Å². The Hall–Kier alpha value is -2.50. The second kappa shape index (κ2) is 5.95. The fourth-order valence-corrected chi connectivity index (χ4v) is 2.52. The van der Waals surface area contributed by atoms with E-state index >= 15 is 0 Å². The van der Waals surface area contributed by atoms with Crippen LogP contribution in [0.5, 0.6) is 0 Å². The van der Waals surface area contributed by atoms with E-state index in [1.165, 1.54) is 12.1 Å². The number of fused-ring (bicyclic) bond motifs is 1. The summed E-state index contributed by atoms with van der Waals surface area (Å²) in [4.78, 5) is 4.25. The summed E-state index contributed by atoms with van der Waals surface area (Å²) in [7, 11) is 0. The third-order valence-electron chi connectivity index (χ3n) is 3.79. The maximum Gasteiger partial charge on any atom is 0.416 e. The zero-order chi connectivity index (χ0) is 16.4. The molecule has 1 aromatic carbocycles. The first kappa shape index (κ1) is 15.4. The lowest BCUT2D eigenvalue weighted by atomic mass is 10.1. The molecule has 2 heterocycles. The minimum atomic E-state index is -4.30. The molecule has 6 heteroatoms. The van der Waals surface area contributed by atoms with Gasteiger partial charge in [-0.3, -0.25) is 0 Å². The maximum absolute atomic E-state index is 12.5. The van der Waals surface area contributed by atoms with Gasteiger partial charge in [-0.15, -0.1) is 0 Å². The van der Waals surface area contributed by atoms with Crippen molar-refractivity contribution in [3.63, 3.8) is 0 Å². The molecule has 0 spiro atoms. The van der Waals surface area contributed by atoms with Crippen molar-refractivity contribution in [3.8, 4) is 0 Å². The summed E-state index contributed by atoms with van der Waals surface area (Å²) < 4.78 is 39.6. The van der Waals surface area contributed by atoms with Crippen LogP contribution in [0.3, 0.4) is 0 Å². The van der Waals surface area contributed by atoms with E-state index in [1.807, 2.05) is 28.8 Å². The number of anilines is 1. The van der Waals surface area contributed by atoms with Gasteiger partial charge in [0.15, 0.2) is 0 Å². The molecule has 0 bridgehead atoms. The molecule has 0 saturated heterocycles. The van der Waals surface area contributed by atoms with Crippen LogP contribution in [0.15, 0.2) is 54.9 Å². The molecule has 3 rings (SSSR count). The van der Waals surface area contributed by atoms with Crippen LogP contribution in [-0.4, -0.2) is 15.9 Å². The van der Waals surface area contributed by atoms with Gasteiger partial charge >= 0.3 is 6.18 Å². The standard InChI is InChI=1S/C17H16F3N3/c1-12(15-3-2-4-16-21-9-10-23(15)16)11-22-14-7-5-13(6-8-14)17(18,19)20/h2-10,12,22H,11H2,1H3. The normalized spacial score (nSPS) is 13.2. The fourth-order valence-electron chi connectivity index (χ4n) is 2.52. The van der Waals surface area contributed by atoms with E-state index in [2.05, 4.69) is 17.2 Å². The molecule has 0 amide bonds. The quantitative estimate of drug-likeness (QED) is 0.763. The number of nitrogens with zero attached hydrogens (tertiary/aromatic N) is 2. The lowest BCUT2D eigenvalue weighted by molar-refractivity contribution is -0.137. The predicted octanol–water partition coefficient (Wildman–Crippen LogP) is 4.57. The van der Waals surface area contributed by atoms with Gasteiger partial charge in [0.25, 0.3) is 0 Å². The van der Waals surface area contributed by atoms with E-state index < -0.39 is 11.7 Å². The van der Waals surface area contributed by atoms with Gasteiger partial charge < -0.3 is 9.72 Å². The van der Waals surface area contributed by atoms with Gasteiger partial charge in [0.05, 0.1) is 5.56 Å². The average molecular weight is 319 g/mol. The third kappa shape index (κ3) is 3.31. The number of imidazole rings is 1. The van der Waals surface area contributed by atoms with Crippen LogP contribution >= 0.6 is 0 Å². The number of hydrogen-bond acceptors (Lipinski definition) is 2. The summed E-state index contributed by atoms with van der Waals surface area (Å²) in [5.41, 5.74) is 2.00. The van der Waals surface area contributed by atoms with E-state index in [1.54, 1.807) is 6.20 Å². The van der Waals surface area contributed by atoms with E-state index in [0.29, 0.717) is 12.2 Å². The smallest absolute Gasteiger partial charge is 0.384 e. The van der Waals surface area contributed by atoms with Crippen LogP contribution < -0.4 is 5.32 Å². The molecule has 3 nitrogen and oxygen atoms in total. The summed E-state index contributed by atoms with van der Waals surface area (Å²) in [5, 5.41) is 3.18. The van der Waals surface area contributed by atoms with Crippen molar-refractivity contribution in [1.82, 2.24) is 9.38 Å². The molecule has 1 atom stereocenters. The Balaban J connectivity index is 1.69. The summed E-state index contributed by atoms with van der Waals surface area (Å²) in [6, 6.07) is 11.0. The first-order chi connectivity index (χ1) is 10.9. The topological polar surface area (TPSA) is 29.3 Å². The van der Waals surface area contributed by atoms with Crippen LogP contribution in [0.2, 0.25) is 0 Å². The molecule has 120 valence electrons. The molecule has 1 unspecified atom stereocenters. The summed E-state index contributed by atoms with van der Waals surface area (Å²) >= 11 is 0. The molecular weight excluding hydrogens is 303 g/mol. The van der Waals surface area contributed by atoms with Crippen LogP contribution in [0.4, 0.5) is 18.9 Å². The highest BCUT2D eigenvalue weighted by atomic mass is 19.4. The van der Waals surface area contributed by atoms with Crippen molar-refractivity contribution in [1.29, 1.82) is 0 Å². The van der Waals surface area contributed by atoms with Gasteiger partial charge in [-0.2, -0.15) is 13.2 Å². The average Bonchev–Trinajstić information content (AvgIpc) is 3.00. The summed E-state index contributed by atoms with van der Waals surface area (Å²) in [6.07, 6.45) is -0.656. The molecule has 0 fully saturated rings. The minimum Gasteiger partial charge on any atom is -0.384 e. The molecule has 0 aliphatic heterocycles. The minimum absolute atomic E-state index is 0.176. The van der Waals surface area contributed by atoms with E-state index in [0.717, 1.165) is 23.5 Å². The van der Waals surface area contributed by atoms with E-state index in [-0.39, 0.29) is 5.92 Å². The fraction of sp³-hybridized carbons (Fsp3) is 0.235. The highest BCUT2D eigenvalue weighted by Crippen LogP contribution is 2.30. The van der Waals surface area contributed by atoms with Crippen molar-refractivity contribution < 1.29 is 13.2 Å².